The summed E-state index contributed by atoms with van der Waals surface area (Å²) in [5.74, 6) is 1.88. The summed E-state index contributed by atoms with van der Waals surface area (Å²) in [6, 6.07) is 4.02. The van der Waals surface area contributed by atoms with Gasteiger partial charge in [0.05, 0.1) is 26.4 Å². The van der Waals surface area contributed by atoms with Crippen molar-refractivity contribution in [2.75, 3.05) is 26.4 Å². The van der Waals surface area contributed by atoms with E-state index in [-0.39, 0.29) is 5.97 Å². The van der Waals surface area contributed by atoms with E-state index in [1.165, 1.54) is 179 Å². The van der Waals surface area contributed by atoms with Crippen LogP contribution in [0.25, 0.3) is 6.08 Å². The molecule has 0 bridgehead atoms. The van der Waals surface area contributed by atoms with Crippen LogP contribution in [0.4, 0.5) is 0 Å². The quantitative estimate of drug-likeness (QED) is 0.0378. The maximum absolute atomic E-state index is 12.6. The SMILES string of the molecule is CCCCCCCCCCCCOc1cc(C=CC(=O)OCCCC)c(OCCCCCCCCCCCC)c(OCCCCCCCCCCCC)c1. The van der Waals surface area contributed by atoms with Crippen molar-refractivity contribution < 1.29 is 23.7 Å². The average Bonchev–Trinajstić information content (AvgIpc) is 3.18. The number of ether oxygens (including phenoxy) is 4. The van der Waals surface area contributed by atoms with Crippen molar-refractivity contribution in [3.63, 3.8) is 0 Å². The molecule has 0 aliphatic heterocycles. The van der Waals surface area contributed by atoms with Crippen molar-refractivity contribution >= 4 is 12.0 Å². The van der Waals surface area contributed by atoms with E-state index in [4.69, 9.17) is 18.9 Å². The Balaban J connectivity index is 2.85. The highest BCUT2D eigenvalue weighted by molar-refractivity contribution is 5.88. The molecule has 5 nitrogen and oxygen atoms in total. The molecule has 0 spiro atoms. The Kier molecular flexibility index (Phi) is 36.1. The zero-order valence-electron chi connectivity index (χ0n) is 36.3. The molecule has 0 heterocycles. The van der Waals surface area contributed by atoms with Crippen LogP contribution >= 0.6 is 0 Å². The summed E-state index contributed by atoms with van der Waals surface area (Å²) in [6.45, 7) is 11.3. The number of esters is 1. The molecule has 0 N–H and O–H groups in total. The summed E-state index contributed by atoms with van der Waals surface area (Å²) in [4.78, 5) is 12.6. The van der Waals surface area contributed by atoms with Gasteiger partial charge in [-0.05, 0) is 37.8 Å². The third-order valence-electron chi connectivity index (χ3n) is 10.5. The number of carbonyl (C=O) groups excluding carboxylic acids is 1. The highest BCUT2D eigenvalue weighted by atomic mass is 16.5. The molecule has 1 aromatic carbocycles. The van der Waals surface area contributed by atoms with Gasteiger partial charge in [-0.3, -0.25) is 0 Å². The van der Waals surface area contributed by atoms with Crippen LogP contribution in [0.3, 0.4) is 0 Å². The van der Waals surface area contributed by atoms with Crippen LogP contribution in [0, 0.1) is 0 Å². The first kappa shape index (κ1) is 49.8. The molecule has 0 fully saturated rings. The van der Waals surface area contributed by atoms with Crippen molar-refractivity contribution in [2.45, 2.75) is 233 Å². The van der Waals surface area contributed by atoms with Crippen LogP contribution < -0.4 is 14.2 Å². The van der Waals surface area contributed by atoms with E-state index in [2.05, 4.69) is 27.7 Å². The minimum Gasteiger partial charge on any atom is -0.493 e. The van der Waals surface area contributed by atoms with Gasteiger partial charge in [0.15, 0.2) is 11.5 Å². The molecular weight excluding hydrogens is 669 g/mol. The van der Waals surface area contributed by atoms with Crippen LogP contribution in [0.1, 0.15) is 239 Å². The highest BCUT2D eigenvalue weighted by Crippen LogP contribution is 2.38. The Labute approximate surface area is 335 Å². The lowest BCUT2D eigenvalue weighted by Gasteiger charge is -2.18. The van der Waals surface area contributed by atoms with Crippen LogP contribution in [-0.2, 0) is 9.53 Å². The number of rotatable bonds is 41. The highest BCUT2D eigenvalue weighted by Gasteiger charge is 2.15. The minimum absolute atomic E-state index is 0.325. The molecule has 0 aliphatic carbocycles. The molecule has 54 heavy (non-hydrogen) atoms. The molecule has 0 saturated carbocycles. The predicted octanol–water partition coefficient (Wildman–Crippen LogP) is 15.9. The van der Waals surface area contributed by atoms with Crippen molar-refractivity contribution in [3.8, 4) is 17.2 Å². The Morgan fingerprint density at radius 2 is 0.796 bits per heavy atom. The van der Waals surface area contributed by atoms with Gasteiger partial charge < -0.3 is 18.9 Å². The third-order valence-corrected chi connectivity index (χ3v) is 10.5. The van der Waals surface area contributed by atoms with Crippen molar-refractivity contribution in [1.82, 2.24) is 0 Å². The molecule has 1 aromatic rings. The molecule has 0 radical (unpaired) electrons. The van der Waals surface area contributed by atoms with E-state index in [0.29, 0.717) is 32.2 Å². The first-order valence-electron chi connectivity index (χ1n) is 23.6. The molecule has 1 rings (SSSR count). The van der Waals surface area contributed by atoms with Crippen LogP contribution in [0.15, 0.2) is 18.2 Å². The van der Waals surface area contributed by atoms with Gasteiger partial charge in [0.2, 0.25) is 0 Å². The molecule has 0 saturated heterocycles. The number of benzene rings is 1. The molecule has 0 atom stereocenters. The van der Waals surface area contributed by atoms with Crippen LogP contribution in [-0.4, -0.2) is 32.4 Å². The Morgan fingerprint density at radius 1 is 0.426 bits per heavy atom. The van der Waals surface area contributed by atoms with E-state index in [0.717, 1.165) is 49.2 Å². The number of carbonyl (C=O) groups is 1. The molecular formula is C49H88O5. The molecule has 5 heteroatoms. The predicted molar refractivity (Wildman–Crippen MR) is 233 cm³/mol. The second-order valence-corrected chi connectivity index (χ2v) is 15.8. The zero-order chi connectivity index (χ0) is 39.0. The standard InChI is InChI=1S/C49H88O5/c1-5-9-13-16-19-22-25-28-31-34-40-51-46-43-45(37-38-48(50)53-39-12-8-4)49(54-42-36-33-30-27-24-21-18-15-11-7-3)47(44-46)52-41-35-32-29-26-23-20-17-14-10-6-2/h37-38,43-44H,5-36,39-42H2,1-4H3. The Bertz CT molecular complexity index is 989. The van der Waals surface area contributed by atoms with E-state index >= 15 is 0 Å². The largest absolute Gasteiger partial charge is 0.493 e. The summed E-state index contributed by atoms with van der Waals surface area (Å²) in [6.07, 6.45) is 44.0. The van der Waals surface area contributed by atoms with Crippen molar-refractivity contribution in [3.05, 3.63) is 23.8 Å². The van der Waals surface area contributed by atoms with Crippen LogP contribution in [0.2, 0.25) is 0 Å². The molecule has 314 valence electrons. The number of hydrogen-bond acceptors (Lipinski definition) is 5. The summed E-state index contributed by atoms with van der Waals surface area (Å²) in [5.41, 5.74) is 0.813. The van der Waals surface area contributed by atoms with E-state index in [9.17, 15) is 4.79 Å². The second kappa shape index (κ2) is 39.1. The number of unbranched alkanes of at least 4 members (excludes halogenated alkanes) is 28. The summed E-state index contributed by atoms with van der Waals surface area (Å²) >= 11 is 0. The lowest BCUT2D eigenvalue weighted by atomic mass is 10.1. The minimum atomic E-state index is -0.325. The monoisotopic (exact) mass is 757 g/mol. The van der Waals surface area contributed by atoms with E-state index in [1.54, 1.807) is 0 Å². The first-order valence-corrected chi connectivity index (χ1v) is 23.6. The lowest BCUT2D eigenvalue weighted by molar-refractivity contribution is -0.137. The topological polar surface area (TPSA) is 54.0 Å². The van der Waals surface area contributed by atoms with Gasteiger partial charge in [-0.15, -0.1) is 0 Å². The van der Waals surface area contributed by atoms with Crippen molar-refractivity contribution in [2.24, 2.45) is 0 Å². The summed E-state index contributed by atoms with van der Waals surface area (Å²) in [5, 5.41) is 0. The fourth-order valence-corrected chi connectivity index (χ4v) is 6.90. The second-order valence-electron chi connectivity index (χ2n) is 15.8. The Hall–Kier alpha value is -2.17. The fraction of sp³-hybridized carbons (Fsp3) is 0.816. The van der Waals surface area contributed by atoms with Gasteiger partial charge in [-0.2, -0.15) is 0 Å². The molecule has 0 unspecified atom stereocenters. The van der Waals surface area contributed by atoms with E-state index < -0.39 is 0 Å². The maximum Gasteiger partial charge on any atom is 0.330 e. The van der Waals surface area contributed by atoms with Gasteiger partial charge in [-0.1, -0.05) is 207 Å². The molecule has 0 amide bonds. The first-order chi connectivity index (χ1) is 26.7. The lowest BCUT2D eigenvalue weighted by Crippen LogP contribution is -2.06. The normalized spacial score (nSPS) is 11.4. The van der Waals surface area contributed by atoms with E-state index in [1.807, 2.05) is 18.2 Å². The smallest absolute Gasteiger partial charge is 0.330 e. The third kappa shape index (κ3) is 30.1. The molecule has 0 aliphatic rings. The average molecular weight is 757 g/mol. The van der Waals surface area contributed by atoms with Gasteiger partial charge in [0.25, 0.3) is 0 Å². The van der Waals surface area contributed by atoms with Gasteiger partial charge in [0.1, 0.15) is 5.75 Å². The Morgan fingerprint density at radius 3 is 1.22 bits per heavy atom. The zero-order valence-corrected chi connectivity index (χ0v) is 36.3. The maximum atomic E-state index is 12.6. The number of hydrogen-bond donors (Lipinski definition) is 0. The summed E-state index contributed by atoms with van der Waals surface area (Å²) < 4.78 is 24.8. The van der Waals surface area contributed by atoms with Gasteiger partial charge in [-0.25, -0.2) is 4.79 Å². The van der Waals surface area contributed by atoms with Gasteiger partial charge in [0, 0.05) is 17.7 Å². The summed E-state index contributed by atoms with van der Waals surface area (Å²) in [7, 11) is 0. The molecule has 0 aromatic heterocycles. The van der Waals surface area contributed by atoms with Gasteiger partial charge >= 0.3 is 5.97 Å². The van der Waals surface area contributed by atoms with Crippen molar-refractivity contribution in [1.29, 1.82) is 0 Å². The van der Waals surface area contributed by atoms with Crippen LogP contribution in [0.5, 0.6) is 17.2 Å². The fourth-order valence-electron chi connectivity index (χ4n) is 6.90.